The highest BCUT2D eigenvalue weighted by molar-refractivity contribution is 5.33. The molecule has 0 aromatic heterocycles. The van der Waals surface area contributed by atoms with Crippen molar-refractivity contribution in [3.8, 4) is 5.75 Å². The molecule has 0 spiro atoms. The van der Waals surface area contributed by atoms with Gasteiger partial charge in [-0.05, 0) is 44.2 Å². The maximum atomic E-state index is 5.99. The molecule has 1 unspecified atom stereocenters. The average molecular weight is 415 g/mol. The molecule has 0 saturated carbocycles. The summed E-state index contributed by atoms with van der Waals surface area (Å²) in [5.74, 6) is 1.02. The molecule has 1 aliphatic rings. The molecule has 1 fully saturated rings. The first-order chi connectivity index (χ1) is 14.7. The molecule has 0 N–H and O–H groups in total. The lowest BCUT2D eigenvalue weighted by atomic mass is 10.0. The van der Waals surface area contributed by atoms with Crippen molar-refractivity contribution < 1.29 is 9.47 Å². The molecule has 0 bridgehead atoms. The standard InChI is InChI=1S/C28H46O2/c1-3-4-5-6-7-8-9-10-11-12-13-14-15-16-17-18-21-26-22-19-20-23-27(26)29-24-28(2)25-30-28/h16-17,19-20,22-23H,3-15,18,21,24-25H2,1-2H3/b17-16+. The van der Waals surface area contributed by atoms with Gasteiger partial charge in [-0.25, -0.2) is 0 Å². The van der Waals surface area contributed by atoms with E-state index in [1.54, 1.807) is 0 Å². The van der Waals surface area contributed by atoms with E-state index in [0.29, 0.717) is 6.61 Å². The van der Waals surface area contributed by atoms with Crippen molar-refractivity contribution in [3.63, 3.8) is 0 Å². The third-order valence-corrected chi connectivity index (χ3v) is 6.11. The Bertz CT molecular complexity index is 574. The van der Waals surface area contributed by atoms with E-state index in [-0.39, 0.29) is 5.60 Å². The van der Waals surface area contributed by atoms with Crippen LogP contribution in [0.15, 0.2) is 36.4 Å². The van der Waals surface area contributed by atoms with Crippen molar-refractivity contribution in [1.82, 2.24) is 0 Å². The van der Waals surface area contributed by atoms with Crippen molar-refractivity contribution in [2.75, 3.05) is 13.2 Å². The molecular formula is C28H46O2. The molecule has 1 heterocycles. The SMILES string of the molecule is CCCCCCCCCCCCCC/C=C/CCc1ccccc1OCC1(C)CO1. The zero-order chi connectivity index (χ0) is 21.3. The normalized spacial score (nSPS) is 18.2. The highest BCUT2D eigenvalue weighted by Crippen LogP contribution is 2.28. The molecule has 1 aromatic rings. The minimum Gasteiger partial charge on any atom is -0.490 e. The van der Waals surface area contributed by atoms with Crippen LogP contribution in [-0.2, 0) is 11.2 Å². The summed E-state index contributed by atoms with van der Waals surface area (Å²) in [7, 11) is 0. The zero-order valence-corrected chi connectivity index (χ0v) is 19.8. The molecule has 30 heavy (non-hydrogen) atoms. The molecule has 170 valence electrons. The van der Waals surface area contributed by atoms with E-state index < -0.39 is 0 Å². The highest BCUT2D eigenvalue weighted by atomic mass is 16.6. The van der Waals surface area contributed by atoms with Crippen LogP contribution in [-0.4, -0.2) is 18.8 Å². The van der Waals surface area contributed by atoms with Crippen molar-refractivity contribution in [1.29, 1.82) is 0 Å². The first-order valence-electron chi connectivity index (χ1n) is 12.7. The summed E-state index contributed by atoms with van der Waals surface area (Å²) < 4.78 is 11.4. The number of rotatable bonds is 19. The molecule has 1 atom stereocenters. The third-order valence-electron chi connectivity index (χ3n) is 6.11. The van der Waals surface area contributed by atoms with Crippen LogP contribution in [0.4, 0.5) is 0 Å². The summed E-state index contributed by atoms with van der Waals surface area (Å²) in [5, 5.41) is 0. The molecule has 1 aliphatic heterocycles. The Hall–Kier alpha value is -1.28. The van der Waals surface area contributed by atoms with Gasteiger partial charge in [-0.15, -0.1) is 0 Å². The first-order valence-corrected chi connectivity index (χ1v) is 12.7. The number of aryl methyl sites for hydroxylation is 1. The summed E-state index contributed by atoms with van der Waals surface area (Å²) in [6, 6.07) is 8.42. The Balaban J connectivity index is 1.41. The van der Waals surface area contributed by atoms with Gasteiger partial charge in [-0.1, -0.05) is 108 Å². The Morgan fingerprint density at radius 1 is 0.833 bits per heavy atom. The number of hydrogen-bond donors (Lipinski definition) is 0. The Kier molecular flexibility index (Phi) is 12.9. The molecule has 1 saturated heterocycles. The fraction of sp³-hybridized carbons (Fsp3) is 0.714. The Morgan fingerprint density at radius 2 is 1.40 bits per heavy atom. The minimum atomic E-state index is -0.0543. The summed E-state index contributed by atoms with van der Waals surface area (Å²) in [6.07, 6.45) is 25.1. The van der Waals surface area contributed by atoms with Crippen LogP contribution in [0.3, 0.4) is 0 Å². The van der Waals surface area contributed by atoms with Gasteiger partial charge >= 0.3 is 0 Å². The third kappa shape index (κ3) is 11.8. The number of hydrogen-bond acceptors (Lipinski definition) is 2. The minimum absolute atomic E-state index is 0.0543. The molecule has 0 radical (unpaired) electrons. The fourth-order valence-electron chi connectivity index (χ4n) is 3.87. The number of benzene rings is 1. The van der Waals surface area contributed by atoms with Gasteiger partial charge in [0.15, 0.2) is 0 Å². The van der Waals surface area contributed by atoms with Gasteiger partial charge < -0.3 is 9.47 Å². The summed E-state index contributed by atoms with van der Waals surface area (Å²) in [6.45, 7) is 5.86. The maximum Gasteiger partial charge on any atom is 0.123 e. The van der Waals surface area contributed by atoms with E-state index in [0.717, 1.165) is 25.2 Å². The lowest BCUT2D eigenvalue weighted by Gasteiger charge is -2.12. The molecule has 2 nitrogen and oxygen atoms in total. The van der Waals surface area contributed by atoms with Crippen LogP contribution in [0.2, 0.25) is 0 Å². The zero-order valence-electron chi connectivity index (χ0n) is 19.8. The second-order valence-electron chi connectivity index (χ2n) is 9.32. The predicted molar refractivity (Wildman–Crippen MR) is 129 cm³/mol. The van der Waals surface area contributed by atoms with Gasteiger partial charge in [0.25, 0.3) is 0 Å². The van der Waals surface area contributed by atoms with Crippen LogP contribution in [0.5, 0.6) is 5.75 Å². The van der Waals surface area contributed by atoms with Gasteiger partial charge in [-0.2, -0.15) is 0 Å². The summed E-state index contributed by atoms with van der Waals surface area (Å²) >= 11 is 0. The number of ether oxygens (including phenoxy) is 2. The quantitative estimate of drug-likeness (QED) is 0.129. The van der Waals surface area contributed by atoms with Crippen LogP contribution >= 0.6 is 0 Å². The summed E-state index contributed by atoms with van der Waals surface area (Å²) in [4.78, 5) is 0. The molecule has 0 aliphatic carbocycles. The van der Waals surface area contributed by atoms with E-state index in [4.69, 9.17) is 9.47 Å². The predicted octanol–water partition coefficient (Wildman–Crippen LogP) is 8.43. The van der Waals surface area contributed by atoms with Gasteiger partial charge in [0.1, 0.15) is 18.0 Å². The molecular weight excluding hydrogens is 368 g/mol. The molecule has 0 amide bonds. The van der Waals surface area contributed by atoms with Crippen molar-refractivity contribution in [2.45, 2.75) is 116 Å². The van der Waals surface area contributed by atoms with Gasteiger partial charge in [0.05, 0.1) is 6.61 Å². The number of para-hydroxylation sites is 1. The maximum absolute atomic E-state index is 5.99. The van der Waals surface area contributed by atoms with Crippen LogP contribution < -0.4 is 4.74 Å². The van der Waals surface area contributed by atoms with Crippen LogP contribution in [0.1, 0.15) is 109 Å². The van der Waals surface area contributed by atoms with E-state index in [1.807, 2.05) is 0 Å². The van der Waals surface area contributed by atoms with Crippen LogP contribution in [0, 0.1) is 0 Å². The monoisotopic (exact) mass is 414 g/mol. The van der Waals surface area contributed by atoms with Crippen molar-refractivity contribution in [2.24, 2.45) is 0 Å². The smallest absolute Gasteiger partial charge is 0.123 e. The lowest BCUT2D eigenvalue weighted by Crippen LogP contribution is -2.17. The summed E-state index contributed by atoms with van der Waals surface area (Å²) in [5.41, 5.74) is 1.25. The second-order valence-corrected chi connectivity index (χ2v) is 9.32. The average Bonchev–Trinajstić information content (AvgIpc) is 3.50. The van der Waals surface area contributed by atoms with Gasteiger partial charge in [-0.3, -0.25) is 0 Å². The molecule has 2 rings (SSSR count). The fourth-order valence-corrected chi connectivity index (χ4v) is 3.87. The van der Waals surface area contributed by atoms with Crippen molar-refractivity contribution >= 4 is 0 Å². The largest absolute Gasteiger partial charge is 0.490 e. The van der Waals surface area contributed by atoms with E-state index in [9.17, 15) is 0 Å². The van der Waals surface area contributed by atoms with Crippen LogP contribution in [0.25, 0.3) is 0 Å². The lowest BCUT2D eigenvalue weighted by molar-refractivity contribution is 0.201. The van der Waals surface area contributed by atoms with Gasteiger partial charge in [0.2, 0.25) is 0 Å². The Morgan fingerprint density at radius 3 is 2.03 bits per heavy atom. The number of unbranched alkanes of at least 4 members (excludes halogenated alkanes) is 12. The molecule has 1 aromatic carbocycles. The number of allylic oxidation sites excluding steroid dienone is 2. The molecule has 2 heteroatoms. The van der Waals surface area contributed by atoms with E-state index >= 15 is 0 Å². The van der Waals surface area contributed by atoms with Gasteiger partial charge in [0, 0.05) is 0 Å². The highest BCUT2D eigenvalue weighted by Gasteiger charge is 2.40. The van der Waals surface area contributed by atoms with E-state index in [2.05, 4.69) is 50.3 Å². The van der Waals surface area contributed by atoms with Crippen molar-refractivity contribution in [3.05, 3.63) is 42.0 Å². The van der Waals surface area contributed by atoms with E-state index in [1.165, 1.54) is 89.0 Å². The first kappa shape index (κ1) is 25.0. The topological polar surface area (TPSA) is 21.8 Å². The number of epoxide rings is 1. The Labute approximate surface area is 186 Å². The second kappa shape index (κ2) is 15.5.